The summed E-state index contributed by atoms with van der Waals surface area (Å²) in [5, 5.41) is 2.05. The van der Waals surface area contributed by atoms with Crippen molar-refractivity contribution in [3.8, 4) is 0 Å². The Labute approximate surface area is 105 Å². The number of aromatic nitrogens is 1. The number of carbonyl (C=O) groups excluding carboxylic acids is 1. The minimum Gasteiger partial charge on any atom is -0.335 e. The van der Waals surface area contributed by atoms with Gasteiger partial charge in [0.05, 0.1) is 6.54 Å². The van der Waals surface area contributed by atoms with Crippen molar-refractivity contribution >= 4 is 17.2 Å². The second-order valence-corrected chi connectivity index (χ2v) is 4.90. The molecular formula is C13H14N2OS. The molecule has 0 saturated heterocycles. The predicted molar refractivity (Wildman–Crippen MR) is 69.1 cm³/mol. The summed E-state index contributed by atoms with van der Waals surface area (Å²) in [5.41, 5.74) is 1.72. The second-order valence-electron chi connectivity index (χ2n) is 3.90. The Bertz CT molecular complexity index is 507. The molecule has 0 saturated carbocycles. The molecule has 2 aromatic rings. The SMILES string of the molecule is Cc1ccsc1CN(C)C(=O)c1ccccn1. The Morgan fingerprint density at radius 1 is 1.41 bits per heavy atom. The minimum absolute atomic E-state index is 0.0431. The van der Waals surface area contributed by atoms with E-state index in [1.165, 1.54) is 10.4 Å². The van der Waals surface area contributed by atoms with Gasteiger partial charge in [0.15, 0.2) is 0 Å². The summed E-state index contributed by atoms with van der Waals surface area (Å²) < 4.78 is 0. The van der Waals surface area contributed by atoms with Gasteiger partial charge in [-0.25, -0.2) is 0 Å². The zero-order valence-corrected chi connectivity index (χ0v) is 10.7. The number of carbonyl (C=O) groups is 1. The van der Waals surface area contributed by atoms with Crippen molar-refractivity contribution < 1.29 is 4.79 Å². The Morgan fingerprint density at radius 3 is 2.82 bits per heavy atom. The number of rotatable bonds is 3. The van der Waals surface area contributed by atoms with Gasteiger partial charge >= 0.3 is 0 Å². The maximum Gasteiger partial charge on any atom is 0.272 e. The normalized spacial score (nSPS) is 10.2. The fourth-order valence-electron chi connectivity index (χ4n) is 1.54. The predicted octanol–water partition coefficient (Wildman–Crippen LogP) is 2.72. The Hall–Kier alpha value is -1.68. The standard InChI is InChI=1S/C13H14N2OS/c1-10-6-8-17-12(10)9-15(2)13(16)11-5-3-4-7-14-11/h3-8H,9H2,1-2H3. The molecule has 2 rings (SSSR count). The molecule has 0 aliphatic heterocycles. The number of aryl methyl sites for hydroxylation is 1. The highest BCUT2D eigenvalue weighted by Crippen LogP contribution is 2.17. The van der Waals surface area contributed by atoms with Crippen LogP contribution in [0.5, 0.6) is 0 Å². The van der Waals surface area contributed by atoms with Crippen molar-refractivity contribution in [3.63, 3.8) is 0 Å². The highest BCUT2D eigenvalue weighted by Gasteiger charge is 2.14. The van der Waals surface area contributed by atoms with Crippen LogP contribution in [0.2, 0.25) is 0 Å². The molecule has 0 unspecified atom stereocenters. The number of thiophene rings is 1. The monoisotopic (exact) mass is 246 g/mol. The van der Waals surface area contributed by atoms with Crippen LogP contribution >= 0.6 is 11.3 Å². The maximum absolute atomic E-state index is 12.1. The fourth-order valence-corrected chi connectivity index (χ4v) is 2.50. The largest absolute Gasteiger partial charge is 0.335 e. The van der Waals surface area contributed by atoms with Gasteiger partial charge in [-0.05, 0) is 36.1 Å². The van der Waals surface area contributed by atoms with Gasteiger partial charge in [0.2, 0.25) is 0 Å². The summed E-state index contributed by atoms with van der Waals surface area (Å²) in [6.07, 6.45) is 1.64. The first-order valence-corrected chi connectivity index (χ1v) is 6.26. The van der Waals surface area contributed by atoms with Crippen LogP contribution in [0.15, 0.2) is 35.8 Å². The zero-order valence-electron chi connectivity index (χ0n) is 9.88. The average molecular weight is 246 g/mol. The Kier molecular flexibility index (Phi) is 3.54. The van der Waals surface area contributed by atoms with Crippen LogP contribution < -0.4 is 0 Å². The van der Waals surface area contributed by atoms with E-state index >= 15 is 0 Å². The van der Waals surface area contributed by atoms with E-state index < -0.39 is 0 Å². The van der Waals surface area contributed by atoms with Crippen molar-refractivity contribution in [1.29, 1.82) is 0 Å². The van der Waals surface area contributed by atoms with E-state index in [-0.39, 0.29) is 5.91 Å². The Morgan fingerprint density at radius 2 is 2.24 bits per heavy atom. The number of nitrogens with zero attached hydrogens (tertiary/aromatic N) is 2. The lowest BCUT2D eigenvalue weighted by atomic mass is 10.2. The topological polar surface area (TPSA) is 33.2 Å². The van der Waals surface area contributed by atoms with E-state index in [4.69, 9.17) is 0 Å². The molecule has 1 amide bonds. The van der Waals surface area contributed by atoms with E-state index in [1.54, 1.807) is 41.6 Å². The lowest BCUT2D eigenvalue weighted by Crippen LogP contribution is -2.26. The molecule has 0 aliphatic rings. The first-order chi connectivity index (χ1) is 8.18. The molecule has 0 aliphatic carbocycles. The van der Waals surface area contributed by atoms with Crippen molar-refractivity contribution in [3.05, 3.63) is 52.0 Å². The third-order valence-corrected chi connectivity index (χ3v) is 3.59. The van der Waals surface area contributed by atoms with Crippen LogP contribution in [0, 0.1) is 6.92 Å². The average Bonchev–Trinajstić information content (AvgIpc) is 2.75. The van der Waals surface area contributed by atoms with Gasteiger partial charge in [-0.3, -0.25) is 9.78 Å². The third kappa shape index (κ3) is 2.71. The molecule has 0 fully saturated rings. The van der Waals surface area contributed by atoms with Gasteiger partial charge < -0.3 is 4.90 Å². The summed E-state index contributed by atoms with van der Waals surface area (Å²) in [7, 11) is 1.80. The number of amides is 1. The Balaban J connectivity index is 2.09. The van der Waals surface area contributed by atoms with Crippen LogP contribution in [0.3, 0.4) is 0 Å². The highest BCUT2D eigenvalue weighted by atomic mass is 32.1. The highest BCUT2D eigenvalue weighted by molar-refractivity contribution is 7.10. The van der Waals surface area contributed by atoms with Crippen LogP contribution in [0.25, 0.3) is 0 Å². The molecule has 2 heterocycles. The van der Waals surface area contributed by atoms with Crippen molar-refractivity contribution in [2.24, 2.45) is 0 Å². The molecule has 0 atom stereocenters. The van der Waals surface area contributed by atoms with Crippen molar-refractivity contribution in [1.82, 2.24) is 9.88 Å². The first-order valence-electron chi connectivity index (χ1n) is 5.38. The minimum atomic E-state index is -0.0431. The van der Waals surface area contributed by atoms with Gasteiger partial charge in [0.1, 0.15) is 5.69 Å². The number of hydrogen-bond donors (Lipinski definition) is 0. The molecule has 0 aromatic carbocycles. The second kappa shape index (κ2) is 5.10. The molecule has 0 bridgehead atoms. The summed E-state index contributed by atoms with van der Waals surface area (Å²) in [6.45, 7) is 2.70. The van der Waals surface area contributed by atoms with Gasteiger partial charge in [-0.15, -0.1) is 11.3 Å². The van der Waals surface area contributed by atoms with Crippen LogP contribution in [0.4, 0.5) is 0 Å². The summed E-state index contributed by atoms with van der Waals surface area (Å²) >= 11 is 1.68. The molecule has 2 aromatic heterocycles. The van der Waals surface area contributed by atoms with E-state index in [2.05, 4.69) is 18.0 Å². The van der Waals surface area contributed by atoms with Crippen LogP contribution in [-0.2, 0) is 6.54 Å². The smallest absolute Gasteiger partial charge is 0.272 e. The summed E-state index contributed by atoms with van der Waals surface area (Å²) in [4.78, 5) is 19.0. The first kappa shape index (κ1) is 11.8. The molecular weight excluding hydrogens is 232 g/mol. The molecule has 88 valence electrons. The maximum atomic E-state index is 12.1. The number of hydrogen-bond acceptors (Lipinski definition) is 3. The van der Waals surface area contributed by atoms with Crippen molar-refractivity contribution in [2.45, 2.75) is 13.5 Å². The van der Waals surface area contributed by atoms with Crippen LogP contribution in [-0.4, -0.2) is 22.8 Å². The van der Waals surface area contributed by atoms with E-state index in [0.29, 0.717) is 12.2 Å². The molecule has 3 nitrogen and oxygen atoms in total. The summed E-state index contributed by atoms with van der Waals surface area (Å²) in [5.74, 6) is -0.0431. The number of pyridine rings is 1. The summed E-state index contributed by atoms with van der Waals surface area (Å²) in [6, 6.07) is 7.43. The van der Waals surface area contributed by atoms with Gasteiger partial charge in [-0.1, -0.05) is 6.07 Å². The van der Waals surface area contributed by atoms with E-state index in [0.717, 1.165) is 0 Å². The van der Waals surface area contributed by atoms with Gasteiger partial charge in [0.25, 0.3) is 5.91 Å². The quantitative estimate of drug-likeness (QED) is 0.834. The van der Waals surface area contributed by atoms with Gasteiger partial charge in [-0.2, -0.15) is 0 Å². The van der Waals surface area contributed by atoms with Gasteiger partial charge in [0, 0.05) is 18.1 Å². The zero-order chi connectivity index (χ0) is 12.3. The van der Waals surface area contributed by atoms with E-state index in [1.807, 2.05) is 11.4 Å². The fraction of sp³-hybridized carbons (Fsp3) is 0.231. The van der Waals surface area contributed by atoms with E-state index in [9.17, 15) is 4.79 Å². The lowest BCUT2D eigenvalue weighted by Gasteiger charge is -2.16. The molecule has 17 heavy (non-hydrogen) atoms. The molecule has 4 heteroatoms. The lowest BCUT2D eigenvalue weighted by molar-refractivity contribution is 0.0780. The molecule has 0 radical (unpaired) electrons. The third-order valence-electron chi connectivity index (χ3n) is 2.58. The molecule has 0 N–H and O–H groups in total. The molecule has 0 spiro atoms. The van der Waals surface area contributed by atoms with Crippen LogP contribution in [0.1, 0.15) is 20.9 Å². The van der Waals surface area contributed by atoms with Crippen molar-refractivity contribution in [2.75, 3.05) is 7.05 Å².